The second-order valence-electron chi connectivity index (χ2n) is 11.5. The van der Waals surface area contributed by atoms with Crippen LogP contribution in [-0.2, 0) is 22.0 Å². The number of allylic oxidation sites excluding steroid dienone is 3. The Morgan fingerprint density at radius 2 is 1.67 bits per heavy atom. The first kappa shape index (κ1) is 28.6. The average Bonchev–Trinajstić information content (AvgIpc) is 3.57. The van der Waals surface area contributed by atoms with E-state index in [1.807, 2.05) is 42.5 Å². The summed E-state index contributed by atoms with van der Waals surface area (Å²) in [5.74, 6) is -2.14. The van der Waals surface area contributed by atoms with Crippen LogP contribution in [0.25, 0.3) is 5.57 Å². The van der Waals surface area contributed by atoms with Gasteiger partial charge in [0.1, 0.15) is 12.4 Å². The van der Waals surface area contributed by atoms with Crippen LogP contribution in [0.2, 0.25) is 0 Å². The van der Waals surface area contributed by atoms with Gasteiger partial charge in [-0.15, -0.1) is 0 Å². The van der Waals surface area contributed by atoms with Crippen molar-refractivity contribution in [3.63, 3.8) is 0 Å². The molecule has 220 valence electrons. The number of nitrogens with zero attached hydrogens (tertiary/aromatic N) is 1. The van der Waals surface area contributed by atoms with Crippen LogP contribution in [0.4, 0.5) is 14.5 Å². The summed E-state index contributed by atoms with van der Waals surface area (Å²) in [5, 5.41) is 0. The van der Waals surface area contributed by atoms with Crippen molar-refractivity contribution < 1.29 is 23.0 Å². The van der Waals surface area contributed by atoms with E-state index in [0.29, 0.717) is 23.8 Å². The Morgan fingerprint density at radius 1 is 0.929 bits per heavy atom. The topological polar surface area (TPSA) is 30.9 Å². The van der Waals surface area contributed by atoms with Gasteiger partial charge in [0.2, 0.25) is 0 Å². The highest BCUT2D eigenvalue weighted by atomic mass is 19.3. The predicted octanol–water partition coefficient (Wildman–Crippen LogP) is 8.51. The predicted molar refractivity (Wildman–Crippen MR) is 163 cm³/mol. The van der Waals surface area contributed by atoms with Gasteiger partial charge in [-0.3, -0.25) is 0 Å². The summed E-state index contributed by atoms with van der Waals surface area (Å²) in [6, 6.07) is 23.5. The molecule has 1 fully saturated rings. The molecule has 4 nitrogen and oxygen atoms in total. The largest absolute Gasteiger partial charge is 0.489 e. The number of fused-ring (bicyclic) bond motifs is 1. The summed E-state index contributed by atoms with van der Waals surface area (Å²) in [4.78, 5) is 2.39. The van der Waals surface area contributed by atoms with E-state index in [0.717, 1.165) is 78.7 Å². The van der Waals surface area contributed by atoms with Crippen molar-refractivity contribution in [1.29, 1.82) is 0 Å². The van der Waals surface area contributed by atoms with E-state index < -0.39 is 5.92 Å². The molecule has 0 atom stereocenters. The van der Waals surface area contributed by atoms with Crippen LogP contribution < -0.4 is 9.64 Å². The third-order valence-electron chi connectivity index (χ3n) is 8.94. The lowest BCUT2D eigenvalue weighted by atomic mass is 9.77. The summed E-state index contributed by atoms with van der Waals surface area (Å²) in [7, 11) is 3.39. The number of methoxy groups -OCH3 is 2. The third-order valence-corrected chi connectivity index (χ3v) is 8.94. The van der Waals surface area contributed by atoms with E-state index in [4.69, 9.17) is 14.2 Å². The fraction of sp³-hybridized carbons (Fsp3) is 0.389. The van der Waals surface area contributed by atoms with Crippen LogP contribution >= 0.6 is 0 Å². The molecule has 0 unspecified atom stereocenters. The first-order valence-corrected chi connectivity index (χ1v) is 15.0. The lowest BCUT2D eigenvalue weighted by Gasteiger charge is -2.36. The molecule has 0 radical (unpaired) electrons. The monoisotopic (exact) mass is 571 g/mol. The van der Waals surface area contributed by atoms with E-state index in [1.165, 1.54) is 0 Å². The van der Waals surface area contributed by atoms with Crippen molar-refractivity contribution in [1.82, 2.24) is 0 Å². The quantitative estimate of drug-likeness (QED) is 0.241. The van der Waals surface area contributed by atoms with E-state index in [1.54, 1.807) is 20.3 Å². The Labute approximate surface area is 247 Å². The highest BCUT2D eigenvalue weighted by Crippen LogP contribution is 2.51. The van der Waals surface area contributed by atoms with Gasteiger partial charge >= 0.3 is 0 Å². The molecule has 1 heterocycles. The summed E-state index contributed by atoms with van der Waals surface area (Å²) in [6.07, 6.45) is 6.48. The molecule has 0 spiro atoms. The molecule has 3 aromatic rings. The summed E-state index contributed by atoms with van der Waals surface area (Å²) >= 11 is 0. The van der Waals surface area contributed by atoms with Gasteiger partial charge in [0, 0.05) is 50.9 Å². The number of alkyl halides is 2. The molecule has 1 aliphatic heterocycles. The number of anilines is 1. The van der Waals surface area contributed by atoms with Crippen LogP contribution in [0.1, 0.15) is 60.8 Å². The Balaban J connectivity index is 1.29. The molecule has 1 saturated heterocycles. The maximum Gasteiger partial charge on any atom is 0.277 e. The van der Waals surface area contributed by atoms with Gasteiger partial charge in [0.15, 0.2) is 6.29 Å². The number of rotatable bonds is 9. The summed E-state index contributed by atoms with van der Waals surface area (Å²) in [5.41, 5.74) is 6.54. The highest BCUT2D eigenvalue weighted by Gasteiger charge is 2.42. The molecule has 6 heteroatoms. The molecule has 0 N–H and O–H groups in total. The fourth-order valence-electron chi connectivity index (χ4n) is 6.74. The smallest absolute Gasteiger partial charge is 0.277 e. The number of ether oxygens (including phenoxy) is 3. The minimum Gasteiger partial charge on any atom is -0.489 e. The molecule has 0 amide bonds. The zero-order chi connectivity index (χ0) is 29.1. The second-order valence-corrected chi connectivity index (χ2v) is 11.5. The minimum atomic E-state index is -2.98. The standard InChI is InChI=1S/C36H39F2NO3/c1-40-35(41-2)28-18-20-39(21-19-28)29-14-12-27(13-15-29)34-31-17-16-30(42-24-25-8-4-3-5-9-25)22-33(31)36(37,38)23-32(34)26-10-6-7-11-26/h3-5,8-10,12-17,22,28,35H,6-7,11,18-21,23-24H2,1-2H3. The molecular weight excluding hydrogens is 532 g/mol. The summed E-state index contributed by atoms with van der Waals surface area (Å²) < 4.78 is 48.6. The van der Waals surface area contributed by atoms with Gasteiger partial charge in [0.25, 0.3) is 5.92 Å². The van der Waals surface area contributed by atoms with Gasteiger partial charge in [-0.2, -0.15) is 0 Å². The van der Waals surface area contributed by atoms with Gasteiger partial charge in [0.05, 0.1) is 0 Å². The molecule has 3 aliphatic rings. The van der Waals surface area contributed by atoms with Crippen LogP contribution in [0, 0.1) is 5.92 Å². The number of hydrogen-bond acceptors (Lipinski definition) is 4. The molecule has 3 aromatic carbocycles. The van der Waals surface area contributed by atoms with E-state index in [2.05, 4.69) is 35.2 Å². The Kier molecular flexibility index (Phi) is 8.45. The van der Waals surface area contributed by atoms with Gasteiger partial charge in [-0.1, -0.05) is 54.6 Å². The molecule has 0 aromatic heterocycles. The molecule has 0 bridgehead atoms. The average molecular weight is 572 g/mol. The van der Waals surface area contributed by atoms with Gasteiger partial charge in [-0.05, 0) is 89.8 Å². The first-order valence-electron chi connectivity index (χ1n) is 15.0. The Morgan fingerprint density at radius 3 is 2.33 bits per heavy atom. The molecule has 2 aliphatic carbocycles. The first-order chi connectivity index (χ1) is 20.5. The van der Waals surface area contributed by atoms with Crippen LogP contribution in [-0.4, -0.2) is 33.6 Å². The highest BCUT2D eigenvalue weighted by molar-refractivity contribution is 5.88. The van der Waals surface area contributed by atoms with Crippen molar-refractivity contribution in [3.05, 3.63) is 112 Å². The van der Waals surface area contributed by atoms with Crippen molar-refractivity contribution >= 4 is 11.3 Å². The Hall–Kier alpha value is -3.48. The van der Waals surface area contributed by atoms with Crippen LogP contribution in [0.15, 0.2) is 90.0 Å². The zero-order valence-corrected chi connectivity index (χ0v) is 24.5. The van der Waals surface area contributed by atoms with Crippen LogP contribution in [0.5, 0.6) is 5.75 Å². The summed E-state index contributed by atoms with van der Waals surface area (Å²) in [6.45, 7) is 2.19. The number of benzene rings is 3. The number of piperidine rings is 1. The third kappa shape index (κ3) is 5.88. The molecular formula is C36H39F2NO3. The maximum atomic E-state index is 15.8. The van der Waals surface area contributed by atoms with Crippen molar-refractivity contribution in [2.45, 2.75) is 57.3 Å². The number of halogens is 2. The lowest BCUT2D eigenvalue weighted by molar-refractivity contribution is -0.141. The van der Waals surface area contributed by atoms with Crippen molar-refractivity contribution in [3.8, 4) is 5.75 Å². The van der Waals surface area contributed by atoms with E-state index in [9.17, 15) is 0 Å². The minimum absolute atomic E-state index is 0.0439. The van der Waals surface area contributed by atoms with Crippen molar-refractivity contribution in [2.75, 3.05) is 32.2 Å². The molecule has 0 saturated carbocycles. The Bertz CT molecular complexity index is 1440. The normalized spacial score (nSPS) is 18.8. The second kappa shape index (κ2) is 12.4. The molecule has 6 rings (SSSR count). The van der Waals surface area contributed by atoms with Gasteiger partial charge in [-0.25, -0.2) is 8.78 Å². The van der Waals surface area contributed by atoms with E-state index in [-0.39, 0.29) is 18.3 Å². The zero-order valence-electron chi connectivity index (χ0n) is 24.5. The van der Waals surface area contributed by atoms with E-state index >= 15 is 8.78 Å². The lowest BCUT2D eigenvalue weighted by Crippen LogP contribution is -2.39. The van der Waals surface area contributed by atoms with Crippen molar-refractivity contribution in [2.24, 2.45) is 5.92 Å². The fourth-order valence-corrected chi connectivity index (χ4v) is 6.74. The maximum absolute atomic E-state index is 15.8. The van der Waals surface area contributed by atoms with Gasteiger partial charge < -0.3 is 19.1 Å². The SMILES string of the molecule is COC(OC)C1CCN(c2ccc(C3=C(C4=CCCC4)CC(F)(F)c4cc(OCc5ccccc5)ccc43)cc2)CC1. The number of hydrogen-bond donors (Lipinski definition) is 0. The molecule has 42 heavy (non-hydrogen) atoms. The van der Waals surface area contributed by atoms with Crippen LogP contribution in [0.3, 0.4) is 0 Å².